The molecule has 0 aliphatic rings. The van der Waals surface area contributed by atoms with E-state index in [4.69, 9.17) is 0 Å². The van der Waals surface area contributed by atoms with Crippen molar-refractivity contribution in [3.63, 3.8) is 0 Å². The van der Waals surface area contributed by atoms with E-state index in [0.29, 0.717) is 13.0 Å². The Bertz CT molecular complexity index is 517. The predicted molar refractivity (Wildman–Crippen MR) is 70.4 cm³/mol. The van der Waals surface area contributed by atoms with Crippen molar-refractivity contribution in [3.8, 4) is 0 Å². The number of aliphatic carboxylic acids is 1. The van der Waals surface area contributed by atoms with Crippen LogP contribution in [-0.4, -0.2) is 15.6 Å². The molecule has 1 aromatic heterocycles. The highest BCUT2D eigenvalue weighted by molar-refractivity contribution is 5.70. The van der Waals surface area contributed by atoms with Crippen molar-refractivity contribution in [2.24, 2.45) is 5.92 Å². The Morgan fingerprint density at radius 3 is 2.50 bits per heavy atom. The van der Waals surface area contributed by atoms with Crippen molar-refractivity contribution in [1.29, 1.82) is 0 Å². The van der Waals surface area contributed by atoms with Crippen LogP contribution in [0.1, 0.15) is 11.1 Å². The van der Waals surface area contributed by atoms with Crippen LogP contribution in [0, 0.1) is 12.8 Å². The van der Waals surface area contributed by atoms with Gasteiger partial charge >= 0.3 is 5.97 Å². The molecule has 0 fully saturated rings. The number of carbonyl (C=O) groups is 1. The maximum Gasteiger partial charge on any atom is 0.308 e. The van der Waals surface area contributed by atoms with Gasteiger partial charge in [-0.25, -0.2) is 0 Å². The number of carboxylic acids is 1. The van der Waals surface area contributed by atoms with Crippen molar-refractivity contribution in [3.05, 3.63) is 59.9 Å². The predicted octanol–water partition coefficient (Wildman–Crippen LogP) is 2.74. The Balaban J connectivity index is 2.12. The van der Waals surface area contributed by atoms with Gasteiger partial charge in [0.25, 0.3) is 0 Å². The summed E-state index contributed by atoms with van der Waals surface area (Å²) >= 11 is 0. The van der Waals surface area contributed by atoms with Gasteiger partial charge in [-0.05, 0) is 36.6 Å². The molecule has 0 saturated carbocycles. The zero-order chi connectivity index (χ0) is 13.0. The molecule has 18 heavy (non-hydrogen) atoms. The molecule has 0 radical (unpaired) electrons. The van der Waals surface area contributed by atoms with E-state index in [1.54, 1.807) is 0 Å². The molecular formula is C15H17NO2. The van der Waals surface area contributed by atoms with Crippen molar-refractivity contribution in [2.45, 2.75) is 19.9 Å². The number of rotatable bonds is 5. The summed E-state index contributed by atoms with van der Waals surface area (Å²) in [5, 5.41) is 9.31. The number of carboxylic acid groups (broad SMARTS) is 1. The number of aromatic nitrogens is 1. The molecule has 2 aromatic rings. The molecule has 0 spiro atoms. The van der Waals surface area contributed by atoms with Crippen molar-refractivity contribution < 1.29 is 9.90 Å². The lowest BCUT2D eigenvalue weighted by Crippen LogP contribution is -2.22. The molecule has 1 atom stereocenters. The third kappa shape index (κ3) is 3.00. The Kier molecular flexibility index (Phi) is 3.82. The maximum atomic E-state index is 11.3. The summed E-state index contributed by atoms with van der Waals surface area (Å²) in [5.41, 5.74) is 2.26. The molecule has 1 N–H and O–H groups in total. The lowest BCUT2D eigenvalue weighted by atomic mass is 9.96. The second-order valence-corrected chi connectivity index (χ2v) is 4.55. The lowest BCUT2D eigenvalue weighted by Gasteiger charge is -2.14. The fourth-order valence-electron chi connectivity index (χ4n) is 2.08. The van der Waals surface area contributed by atoms with Crippen LogP contribution < -0.4 is 0 Å². The van der Waals surface area contributed by atoms with Gasteiger partial charge in [0.15, 0.2) is 0 Å². The van der Waals surface area contributed by atoms with E-state index in [0.717, 1.165) is 11.1 Å². The van der Waals surface area contributed by atoms with Crippen LogP contribution in [-0.2, 0) is 17.8 Å². The highest BCUT2D eigenvalue weighted by atomic mass is 16.4. The standard InChI is InChI=1S/C15H17NO2/c1-12-6-2-3-7-13(12)10-14(15(17)18)11-16-8-4-5-9-16/h2-9,14H,10-11H2,1H3,(H,17,18). The SMILES string of the molecule is Cc1ccccc1CC(Cn1cccc1)C(=O)O. The first kappa shape index (κ1) is 12.4. The molecule has 1 heterocycles. The second kappa shape index (κ2) is 5.54. The first-order valence-corrected chi connectivity index (χ1v) is 6.05. The summed E-state index contributed by atoms with van der Waals surface area (Å²) in [6, 6.07) is 11.8. The molecule has 94 valence electrons. The van der Waals surface area contributed by atoms with Crippen LogP contribution in [0.3, 0.4) is 0 Å². The quantitative estimate of drug-likeness (QED) is 0.877. The zero-order valence-corrected chi connectivity index (χ0v) is 10.4. The molecule has 0 aliphatic carbocycles. The van der Waals surface area contributed by atoms with Gasteiger partial charge in [-0.15, -0.1) is 0 Å². The lowest BCUT2D eigenvalue weighted by molar-refractivity contribution is -0.142. The highest BCUT2D eigenvalue weighted by Gasteiger charge is 2.19. The van der Waals surface area contributed by atoms with Gasteiger partial charge in [0.2, 0.25) is 0 Å². The fourth-order valence-corrected chi connectivity index (χ4v) is 2.08. The van der Waals surface area contributed by atoms with Crippen molar-refractivity contribution >= 4 is 5.97 Å². The van der Waals surface area contributed by atoms with E-state index in [9.17, 15) is 9.90 Å². The number of hydrogen-bond donors (Lipinski definition) is 1. The van der Waals surface area contributed by atoms with Gasteiger partial charge in [-0.2, -0.15) is 0 Å². The molecule has 3 heteroatoms. The number of aryl methyl sites for hydroxylation is 1. The van der Waals surface area contributed by atoms with Crippen LogP contribution >= 0.6 is 0 Å². The Morgan fingerprint density at radius 2 is 1.89 bits per heavy atom. The maximum absolute atomic E-state index is 11.3. The van der Waals surface area contributed by atoms with E-state index in [2.05, 4.69) is 0 Å². The minimum Gasteiger partial charge on any atom is -0.481 e. The molecule has 3 nitrogen and oxygen atoms in total. The smallest absolute Gasteiger partial charge is 0.308 e. The summed E-state index contributed by atoms with van der Waals surface area (Å²) < 4.78 is 1.91. The molecule has 0 aliphatic heterocycles. The largest absolute Gasteiger partial charge is 0.481 e. The monoisotopic (exact) mass is 243 g/mol. The first-order valence-electron chi connectivity index (χ1n) is 6.05. The van der Waals surface area contributed by atoms with Gasteiger partial charge in [-0.3, -0.25) is 4.79 Å². The van der Waals surface area contributed by atoms with Gasteiger partial charge in [-0.1, -0.05) is 24.3 Å². The van der Waals surface area contributed by atoms with Crippen LogP contribution in [0.5, 0.6) is 0 Å². The third-order valence-electron chi connectivity index (χ3n) is 3.17. The summed E-state index contributed by atoms with van der Waals surface area (Å²) in [4.78, 5) is 11.3. The molecule has 1 aromatic carbocycles. The minimum atomic E-state index is -0.744. The van der Waals surface area contributed by atoms with Gasteiger partial charge in [0.05, 0.1) is 5.92 Å². The van der Waals surface area contributed by atoms with E-state index in [1.807, 2.05) is 60.3 Å². The normalized spacial score (nSPS) is 12.3. The molecule has 0 amide bonds. The summed E-state index contributed by atoms with van der Waals surface area (Å²) in [6.07, 6.45) is 4.36. The summed E-state index contributed by atoms with van der Waals surface area (Å²) in [5.74, 6) is -1.13. The van der Waals surface area contributed by atoms with Crippen LogP contribution in [0.15, 0.2) is 48.8 Å². The van der Waals surface area contributed by atoms with E-state index in [1.165, 1.54) is 0 Å². The molecule has 0 saturated heterocycles. The number of nitrogens with zero attached hydrogens (tertiary/aromatic N) is 1. The fraction of sp³-hybridized carbons (Fsp3) is 0.267. The average Bonchev–Trinajstić information content (AvgIpc) is 2.83. The Morgan fingerprint density at radius 1 is 1.22 bits per heavy atom. The molecule has 1 unspecified atom stereocenters. The number of benzene rings is 1. The van der Waals surface area contributed by atoms with Gasteiger partial charge < -0.3 is 9.67 Å². The third-order valence-corrected chi connectivity index (χ3v) is 3.17. The zero-order valence-electron chi connectivity index (χ0n) is 10.4. The Hall–Kier alpha value is -2.03. The molecule has 2 rings (SSSR count). The first-order chi connectivity index (χ1) is 8.66. The van der Waals surface area contributed by atoms with Crippen molar-refractivity contribution in [2.75, 3.05) is 0 Å². The van der Waals surface area contributed by atoms with Crippen LogP contribution in [0.25, 0.3) is 0 Å². The number of hydrogen-bond acceptors (Lipinski definition) is 1. The van der Waals surface area contributed by atoms with Gasteiger partial charge in [0.1, 0.15) is 0 Å². The summed E-state index contributed by atoms with van der Waals surface area (Å²) in [7, 11) is 0. The highest BCUT2D eigenvalue weighted by Crippen LogP contribution is 2.15. The molecule has 0 bridgehead atoms. The summed E-state index contributed by atoms with van der Waals surface area (Å²) in [6.45, 7) is 2.53. The van der Waals surface area contributed by atoms with E-state index < -0.39 is 11.9 Å². The van der Waals surface area contributed by atoms with Gasteiger partial charge in [0, 0.05) is 18.9 Å². The molecular weight excluding hydrogens is 226 g/mol. The van der Waals surface area contributed by atoms with Crippen LogP contribution in [0.2, 0.25) is 0 Å². The Labute approximate surface area is 107 Å². The minimum absolute atomic E-state index is 0.390. The van der Waals surface area contributed by atoms with Crippen molar-refractivity contribution in [1.82, 2.24) is 4.57 Å². The topological polar surface area (TPSA) is 42.2 Å². The van der Waals surface area contributed by atoms with E-state index in [-0.39, 0.29) is 0 Å². The van der Waals surface area contributed by atoms with Crippen LogP contribution in [0.4, 0.5) is 0 Å². The average molecular weight is 243 g/mol. The second-order valence-electron chi connectivity index (χ2n) is 4.55. The van der Waals surface area contributed by atoms with E-state index >= 15 is 0 Å².